The molecule has 0 aliphatic heterocycles. The summed E-state index contributed by atoms with van der Waals surface area (Å²) in [6.45, 7) is 10.1. The fraction of sp³-hybridized carbons (Fsp3) is 0.933. The van der Waals surface area contributed by atoms with Crippen molar-refractivity contribution in [3.05, 3.63) is 0 Å². The van der Waals surface area contributed by atoms with Crippen molar-refractivity contribution in [1.82, 2.24) is 5.32 Å². The van der Waals surface area contributed by atoms with E-state index >= 15 is 0 Å². The lowest BCUT2D eigenvalue weighted by Gasteiger charge is -2.31. The summed E-state index contributed by atoms with van der Waals surface area (Å²) < 4.78 is 0. The van der Waals surface area contributed by atoms with Crippen LogP contribution in [0.1, 0.15) is 53.4 Å². The minimum atomic E-state index is -0.620. The highest BCUT2D eigenvalue weighted by molar-refractivity contribution is 5.70. The van der Waals surface area contributed by atoms with Gasteiger partial charge in [0.1, 0.15) is 0 Å². The maximum Gasteiger partial charge on any atom is 0.306 e. The van der Waals surface area contributed by atoms with Crippen molar-refractivity contribution >= 4 is 5.97 Å². The molecule has 0 aromatic heterocycles. The van der Waals surface area contributed by atoms with Gasteiger partial charge in [-0.3, -0.25) is 4.79 Å². The molecule has 2 unspecified atom stereocenters. The van der Waals surface area contributed by atoms with E-state index < -0.39 is 5.97 Å². The van der Waals surface area contributed by atoms with E-state index in [4.69, 9.17) is 5.11 Å². The van der Waals surface area contributed by atoms with Crippen LogP contribution in [0.15, 0.2) is 0 Å². The zero-order valence-corrected chi connectivity index (χ0v) is 12.3. The fourth-order valence-electron chi connectivity index (χ4n) is 3.14. The molecular weight excluding hydrogens is 226 g/mol. The maximum atomic E-state index is 11.0. The molecule has 0 saturated heterocycles. The molecule has 1 aliphatic rings. The minimum Gasteiger partial charge on any atom is -0.481 e. The molecule has 0 spiro atoms. The zero-order valence-electron chi connectivity index (χ0n) is 12.3. The first-order valence-electron chi connectivity index (χ1n) is 7.38. The minimum absolute atomic E-state index is 0.132. The number of carboxylic acid groups (broad SMARTS) is 1. The Kier molecular flexibility index (Phi) is 6.13. The summed E-state index contributed by atoms with van der Waals surface area (Å²) in [6, 6.07) is 0.403. The lowest BCUT2D eigenvalue weighted by molar-refractivity contribution is -0.143. The Hall–Kier alpha value is -0.570. The molecule has 2 N–H and O–H groups in total. The molecule has 3 nitrogen and oxygen atoms in total. The normalized spacial score (nSPS) is 25.1. The van der Waals surface area contributed by atoms with Gasteiger partial charge in [-0.1, -0.05) is 34.1 Å². The van der Waals surface area contributed by atoms with E-state index in [9.17, 15) is 4.79 Å². The molecule has 1 saturated carbocycles. The monoisotopic (exact) mass is 255 g/mol. The predicted octanol–water partition coefficient (Wildman–Crippen LogP) is 3.15. The van der Waals surface area contributed by atoms with Crippen LogP contribution in [0.2, 0.25) is 0 Å². The van der Waals surface area contributed by atoms with Gasteiger partial charge in [0.05, 0.1) is 5.92 Å². The Morgan fingerprint density at radius 2 is 1.83 bits per heavy atom. The van der Waals surface area contributed by atoms with Gasteiger partial charge >= 0.3 is 5.97 Å². The number of carboxylic acids is 1. The summed E-state index contributed by atoms with van der Waals surface area (Å²) in [4.78, 5) is 11.0. The van der Waals surface area contributed by atoms with E-state index in [0.29, 0.717) is 23.8 Å². The fourth-order valence-corrected chi connectivity index (χ4v) is 3.14. The molecule has 106 valence electrons. The van der Waals surface area contributed by atoms with Crippen molar-refractivity contribution in [2.24, 2.45) is 23.7 Å². The summed E-state index contributed by atoms with van der Waals surface area (Å²) in [6.07, 6.45) is 3.83. The first-order valence-corrected chi connectivity index (χ1v) is 7.38. The highest BCUT2D eigenvalue weighted by Crippen LogP contribution is 2.26. The smallest absolute Gasteiger partial charge is 0.306 e. The second-order valence-corrected chi connectivity index (χ2v) is 6.46. The number of rotatable bonds is 6. The maximum absolute atomic E-state index is 11.0. The molecule has 1 fully saturated rings. The Labute approximate surface area is 111 Å². The van der Waals surface area contributed by atoms with Crippen molar-refractivity contribution in [2.75, 3.05) is 6.54 Å². The topological polar surface area (TPSA) is 49.3 Å². The molecular formula is C15H29NO2. The van der Waals surface area contributed by atoms with E-state index in [1.54, 1.807) is 0 Å². The van der Waals surface area contributed by atoms with Gasteiger partial charge in [-0.25, -0.2) is 0 Å². The molecule has 0 bridgehead atoms. The molecule has 0 aromatic rings. The van der Waals surface area contributed by atoms with Gasteiger partial charge in [-0.05, 0) is 43.6 Å². The number of hydrogen-bond donors (Lipinski definition) is 2. The number of hydrogen-bond acceptors (Lipinski definition) is 2. The van der Waals surface area contributed by atoms with Gasteiger partial charge in [0, 0.05) is 6.04 Å². The second kappa shape index (κ2) is 7.13. The highest BCUT2D eigenvalue weighted by Gasteiger charge is 2.27. The molecule has 0 aromatic carbocycles. The van der Waals surface area contributed by atoms with Crippen LogP contribution in [-0.4, -0.2) is 23.7 Å². The van der Waals surface area contributed by atoms with Crippen LogP contribution in [0.5, 0.6) is 0 Å². The lowest BCUT2D eigenvalue weighted by Crippen LogP contribution is -2.40. The molecule has 1 rings (SSSR count). The summed E-state index contributed by atoms with van der Waals surface area (Å²) >= 11 is 0. The second-order valence-electron chi connectivity index (χ2n) is 6.46. The zero-order chi connectivity index (χ0) is 13.7. The van der Waals surface area contributed by atoms with E-state index in [1.165, 1.54) is 0 Å². The Morgan fingerprint density at radius 1 is 1.22 bits per heavy atom. The highest BCUT2D eigenvalue weighted by atomic mass is 16.4. The van der Waals surface area contributed by atoms with Crippen LogP contribution in [0.3, 0.4) is 0 Å². The number of aliphatic carboxylic acids is 1. The van der Waals surface area contributed by atoms with Gasteiger partial charge < -0.3 is 10.4 Å². The van der Waals surface area contributed by atoms with Crippen molar-refractivity contribution in [2.45, 2.75) is 59.4 Å². The van der Waals surface area contributed by atoms with Crippen molar-refractivity contribution in [3.8, 4) is 0 Å². The van der Waals surface area contributed by atoms with Crippen LogP contribution < -0.4 is 5.32 Å². The van der Waals surface area contributed by atoms with Crippen molar-refractivity contribution in [1.29, 1.82) is 0 Å². The van der Waals surface area contributed by atoms with Gasteiger partial charge in [-0.2, -0.15) is 0 Å². The number of nitrogens with one attached hydrogen (secondary N) is 1. The van der Waals surface area contributed by atoms with Gasteiger partial charge in [-0.15, -0.1) is 0 Å². The molecule has 1 aliphatic carbocycles. The third-order valence-corrected chi connectivity index (χ3v) is 4.38. The molecule has 0 radical (unpaired) electrons. The summed E-state index contributed by atoms with van der Waals surface area (Å²) in [7, 11) is 0. The standard InChI is InChI=1S/C15H29NO2/c1-10(2)14(11(3)4)9-16-13-7-5-6-12(8-13)15(17)18/h10-14,16H,5-9H2,1-4H3,(H,17,18). The lowest BCUT2D eigenvalue weighted by atomic mass is 9.83. The Balaban J connectivity index is 2.40. The summed E-state index contributed by atoms with van der Waals surface area (Å²) in [5.74, 6) is 1.28. The third kappa shape index (κ3) is 4.60. The average molecular weight is 255 g/mol. The molecule has 3 heteroatoms. The Morgan fingerprint density at radius 3 is 2.33 bits per heavy atom. The predicted molar refractivity (Wildman–Crippen MR) is 74.6 cm³/mol. The van der Waals surface area contributed by atoms with Crippen LogP contribution in [0.4, 0.5) is 0 Å². The quantitative estimate of drug-likeness (QED) is 0.766. The first kappa shape index (κ1) is 15.5. The van der Waals surface area contributed by atoms with Crippen molar-refractivity contribution in [3.63, 3.8) is 0 Å². The summed E-state index contributed by atoms with van der Waals surface area (Å²) in [5.41, 5.74) is 0. The van der Waals surface area contributed by atoms with Crippen LogP contribution in [0, 0.1) is 23.7 Å². The van der Waals surface area contributed by atoms with E-state index in [2.05, 4.69) is 33.0 Å². The van der Waals surface area contributed by atoms with Gasteiger partial charge in [0.25, 0.3) is 0 Å². The first-order chi connectivity index (χ1) is 8.41. The number of carbonyl (C=O) groups is 1. The molecule has 0 amide bonds. The van der Waals surface area contributed by atoms with Crippen LogP contribution in [0.25, 0.3) is 0 Å². The van der Waals surface area contributed by atoms with Gasteiger partial charge in [0.15, 0.2) is 0 Å². The average Bonchev–Trinajstić information content (AvgIpc) is 2.28. The van der Waals surface area contributed by atoms with Gasteiger partial charge in [0.2, 0.25) is 0 Å². The Bertz CT molecular complexity index is 255. The molecule has 2 atom stereocenters. The third-order valence-electron chi connectivity index (χ3n) is 4.38. The van der Waals surface area contributed by atoms with Crippen LogP contribution >= 0.6 is 0 Å². The van der Waals surface area contributed by atoms with E-state index in [1.807, 2.05) is 0 Å². The molecule has 18 heavy (non-hydrogen) atoms. The molecule has 0 heterocycles. The SMILES string of the molecule is CC(C)C(CNC1CCCC(C(=O)O)C1)C(C)C. The van der Waals surface area contributed by atoms with Crippen molar-refractivity contribution < 1.29 is 9.90 Å². The van der Waals surface area contributed by atoms with E-state index in [0.717, 1.165) is 32.2 Å². The van der Waals surface area contributed by atoms with Crippen LogP contribution in [-0.2, 0) is 4.79 Å². The largest absolute Gasteiger partial charge is 0.481 e. The van der Waals surface area contributed by atoms with E-state index in [-0.39, 0.29) is 5.92 Å². The summed E-state index contributed by atoms with van der Waals surface area (Å²) in [5, 5.41) is 12.7.